The van der Waals surface area contributed by atoms with Crippen molar-refractivity contribution in [3.05, 3.63) is 28.2 Å². The van der Waals surface area contributed by atoms with Crippen LogP contribution in [-0.4, -0.2) is 25.0 Å². The Kier molecular flexibility index (Phi) is 4.51. The molecule has 0 aliphatic carbocycles. The molecule has 1 aromatic rings. The van der Waals surface area contributed by atoms with Crippen molar-refractivity contribution in [3.8, 4) is 5.75 Å². The summed E-state index contributed by atoms with van der Waals surface area (Å²) < 4.78 is 5.71. The van der Waals surface area contributed by atoms with Gasteiger partial charge < -0.3 is 15.8 Å². The normalized spacial score (nSPS) is 11.7. The highest BCUT2D eigenvalue weighted by Gasteiger charge is 2.14. The highest BCUT2D eigenvalue weighted by atomic mass is 79.9. The van der Waals surface area contributed by atoms with E-state index >= 15 is 0 Å². The van der Waals surface area contributed by atoms with E-state index in [0.717, 1.165) is 0 Å². The molecule has 92 valence electrons. The Bertz CT molecular complexity index is 448. The number of hydrogen-bond donors (Lipinski definition) is 2. The summed E-state index contributed by atoms with van der Waals surface area (Å²) in [6.45, 7) is 1.53. The summed E-state index contributed by atoms with van der Waals surface area (Å²) in [6, 6.07) is 4.17. The molecule has 0 spiro atoms. The molecule has 0 radical (unpaired) electrons. The van der Waals surface area contributed by atoms with Crippen molar-refractivity contribution >= 4 is 27.7 Å². The summed E-state index contributed by atoms with van der Waals surface area (Å²) in [4.78, 5) is 22.5. The molecule has 3 N–H and O–H groups in total. The van der Waals surface area contributed by atoms with E-state index in [2.05, 4.69) is 21.2 Å². The van der Waals surface area contributed by atoms with E-state index in [4.69, 9.17) is 10.5 Å². The molecule has 0 saturated carbocycles. The summed E-state index contributed by atoms with van der Waals surface area (Å²) in [5.41, 5.74) is 5.48. The van der Waals surface area contributed by atoms with Gasteiger partial charge in [0.05, 0.1) is 11.6 Å². The van der Waals surface area contributed by atoms with E-state index in [-0.39, 0.29) is 5.91 Å². The molecule has 0 aliphatic heterocycles. The molecule has 0 fully saturated rings. The molecule has 0 bridgehead atoms. The molecule has 0 heterocycles. The predicted octanol–water partition coefficient (Wildman–Crippen LogP) is 1.06. The zero-order valence-corrected chi connectivity index (χ0v) is 11.1. The van der Waals surface area contributed by atoms with Crippen molar-refractivity contribution in [1.82, 2.24) is 5.32 Å². The Hall–Kier alpha value is -1.56. The third-order valence-corrected chi connectivity index (χ3v) is 2.81. The molecular weight excluding hydrogens is 288 g/mol. The van der Waals surface area contributed by atoms with Gasteiger partial charge in [-0.2, -0.15) is 0 Å². The standard InChI is InChI=1S/C11H13BrN2O3/c1-6(10(13)15)14-11(16)7-3-4-9(17-2)8(12)5-7/h3-6H,1-2H3,(H2,13,15)(H,14,16)/t6-/m0/s1. The quantitative estimate of drug-likeness (QED) is 0.872. The van der Waals surface area contributed by atoms with Crippen LogP contribution in [0.3, 0.4) is 0 Å². The van der Waals surface area contributed by atoms with Crippen LogP contribution in [0.5, 0.6) is 5.75 Å². The first-order valence-corrected chi connectivity index (χ1v) is 5.68. The number of nitrogens with two attached hydrogens (primary N) is 1. The monoisotopic (exact) mass is 300 g/mol. The summed E-state index contributed by atoms with van der Waals surface area (Å²) in [5, 5.41) is 2.49. The van der Waals surface area contributed by atoms with Crippen LogP contribution < -0.4 is 15.8 Å². The molecule has 0 aromatic heterocycles. The van der Waals surface area contributed by atoms with E-state index in [1.165, 1.54) is 14.0 Å². The summed E-state index contributed by atoms with van der Waals surface area (Å²) >= 11 is 3.27. The van der Waals surface area contributed by atoms with Crippen molar-refractivity contribution in [3.63, 3.8) is 0 Å². The maximum absolute atomic E-state index is 11.7. The number of methoxy groups -OCH3 is 1. The van der Waals surface area contributed by atoms with E-state index in [9.17, 15) is 9.59 Å². The van der Waals surface area contributed by atoms with Gasteiger partial charge in [-0.25, -0.2) is 0 Å². The number of ether oxygens (including phenoxy) is 1. The SMILES string of the molecule is COc1ccc(C(=O)N[C@@H](C)C(N)=O)cc1Br. The number of rotatable bonds is 4. The number of amides is 2. The van der Waals surface area contributed by atoms with Crippen LogP contribution >= 0.6 is 15.9 Å². The van der Waals surface area contributed by atoms with Crippen LogP contribution in [0.1, 0.15) is 17.3 Å². The summed E-state index contributed by atoms with van der Waals surface area (Å²) in [5.74, 6) is -0.310. The fourth-order valence-electron chi connectivity index (χ4n) is 1.16. The number of primary amides is 1. The minimum atomic E-state index is -0.705. The molecule has 17 heavy (non-hydrogen) atoms. The van der Waals surface area contributed by atoms with E-state index in [1.807, 2.05) is 0 Å². The Balaban J connectivity index is 2.83. The van der Waals surface area contributed by atoms with E-state index in [1.54, 1.807) is 18.2 Å². The van der Waals surface area contributed by atoms with Gasteiger partial charge in [0.1, 0.15) is 11.8 Å². The van der Waals surface area contributed by atoms with Crippen molar-refractivity contribution in [1.29, 1.82) is 0 Å². The average Bonchev–Trinajstić information content (AvgIpc) is 2.28. The highest BCUT2D eigenvalue weighted by molar-refractivity contribution is 9.10. The molecule has 0 aliphatic rings. The predicted molar refractivity (Wildman–Crippen MR) is 66.8 cm³/mol. The molecule has 1 rings (SSSR count). The Morgan fingerprint density at radius 1 is 1.47 bits per heavy atom. The highest BCUT2D eigenvalue weighted by Crippen LogP contribution is 2.25. The number of nitrogens with one attached hydrogen (secondary N) is 1. The molecule has 0 saturated heterocycles. The maximum Gasteiger partial charge on any atom is 0.251 e. The second-order valence-corrected chi connectivity index (χ2v) is 4.30. The first-order chi connectivity index (χ1) is 7.95. The zero-order chi connectivity index (χ0) is 13.0. The van der Waals surface area contributed by atoms with Gasteiger partial charge in [-0.15, -0.1) is 0 Å². The summed E-state index contributed by atoms with van der Waals surface area (Å²) in [6.07, 6.45) is 0. The third kappa shape index (κ3) is 3.45. The van der Waals surface area contributed by atoms with Crippen LogP contribution in [0.25, 0.3) is 0 Å². The summed E-state index contributed by atoms with van der Waals surface area (Å²) in [7, 11) is 1.54. The van der Waals surface area contributed by atoms with Gasteiger partial charge >= 0.3 is 0 Å². The van der Waals surface area contributed by atoms with E-state index in [0.29, 0.717) is 15.8 Å². The molecule has 1 aromatic carbocycles. The van der Waals surface area contributed by atoms with Gasteiger partial charge in [0.15, 0.2) is 0 Å². The minimum Gasteiger partial charge on any atom is -0.496 e. The topological polar surface area (TPSA) is 81.4 Å². The van der Waals surface area contributed by atoms with Gasteiger partial charge in [-0.1, -0.05) is 0 Å². The lowest BCUT2D eigenvalue weighted by atomic mass is 10.2. The minimum absolute atomic E-state index is 0.361. The fraction of sp³-hybridized carbons (Fsp3) is 0.273. The van der Waals surface area contributed by atoms with Crippen molar-refractivity contribution in [2.24, 2.45) is 5.73 Å². The van der Waals surface area contributed by atoms with Crippen LogP contribution in [0.4, 0.5) is 0 Å². The molecule has 2 amide bonds. The maximum atomic E-state index is 11.7. The molecule has 6 heteroatoms. The molecule has 5 nitrogen and oxygen atoms in total. The van der Waals surface area contributed by atoms with Crippen molar-refractivity contribution < 1.29 is 14.3 Å². The second kappa shape index (κ2) is 5.67. The molecular formula is C11H13BrN2O3. The smallest absolute Gasteiger partial charge is 0.251 e. The van der Waals surface area contributed by atoms with Crippen LogP contribution in [0, 0.1) is 0 Å². The van der Waals surface area contributed by atoms with Gasteiger partial charge in [-0.3, -0.25) is 9.59 Å². The lowest BCUT2D eigenvalue weighted by Crippen LogP contribution is -2.42. The van der Waals surface area contributed by atoms with Crippen LogP contribution in [0.2, 0.25) is 0 Å². The van der Waals surface area contributed by atoms with E-state index < -0.39 is 11.9 Å². The number of halogens is 1. The van der Waals surface area contributed by atoms with Gasteiger partial charge in [0.25, 0.3) is 5.91 Å². The fourth-order valence-corrected chi connectivity index (χ4v) is 1.70. The Labute approximate surface area is 107 Å². The number of carbonyl (C=O) groups excluding carboxylic acids is 2. The van der Waals surface area contributed by atoms with Crippen LogP contribution in [0.15, 0.2) is 22.7 Å². The first-order valence-electron chi connectivity index (χ1n) is 4.89. The number of hydrogen-bond acceptors (Lipinski definition) is 3. The van der Waals surface area contributed by atoms with Gasteiger partial charge in [0.2, 0.25) is 5.91 Å². The largest absolute Gasteiger partial charge is 0.496 e. The molecule has 0 unspecified atom stereocenters. The molecule has 1 atom stereocenters. The van der Waals surface area contributed by atoms with Crippen LogP contribution in [-0.2, 0) is 4.79 Å². The van der Waals surface area contributed by atoms with Gasteiger partial charge in [-0.05, 0) is 41.1 Å². The van der Waals surface area contributed by atoms with Crippen molar-refractivity contribution in [2.75, 3.05) is 7.11 Å². The Morgan fingerprint density at radius 2 is 2.12 bits per heavy atom. The lowest BCUT2D eigenvalue weighted by Gasteiger charge is -2.11. The van der Waals surface area contributed by atoms with Gasteiger partial charge in [0, 0.05) is 5.56 Å². The average molecular weight is 301 g/mol. The lowest BCUT2D eigenvalue weighted by molar-refractivity contribution is -0.119. The zero-order valence-electron chi connectivity index (χ0n) is 9.49. The van der Waals surface area contributed by atoms with Crippen molar-refractivity contribution in [2.45, 2.75) is 13.0 Å². The third-order valence-electron chi connectivity index (χ3n) is 2.19. The second-order valence-electron chi connectivity index (χ2n) is 3.45. The Morgan fingerprint density at radius 3 is 2.59 bits per heavy atom. The number of benzene rings is 1. The first kappa shape index (κ1) is 13.5. The number of carbonyl (C=O) groups is 2.